The summed E-state index contributed by atoms with van der Waals surface area (Å²) in [6, 6.07) is 8.94. The topological polar surface area (TPSA) is 78.3 Å². The molecule has 0 spiro atoms. The SMILES string of the molecule is CCCCCCCCC(N)CC(N)C(=O)OCc1ccccc1. The third kappa shape index (κ3) is 9.36. The van der Waals surface area contributed by atoms with Crippen molar-refractivity contribution in [1.29, 1.82) is 0 Å². The monoisotopic (exact) mass is 320 g/mol. The molecule has 23 heavy (non-hydrogen) atoms. The van der Waals surface area contributed by atoms with E-state index in [-0.39, 0.29) is 18.6 Å². The van der Waals surface area contributed by atoms with E-state index in [9.17, 15) is 4.79 Å². The Morgan fingerprint density at radius 2 is 1.70 bits per heavy atom. The van der Waals surface area contributed by atoms with E-state index in [1.165, 1.54) is 32.1 Å². The molecule has 0 bridgehead atoms. The molecule has 0 saturated carbocycles. The number of esters is 1. The first-order valence-electron chi connectivity index (χ1n) is 8.85. The van der Waals surface area contributed by atoms with Crippen molar-refractivity contribution in [3.8, 4) is 0 Å². The van der Waals surface area contributed by atoms with Crippen LogP contribution in [-0.4, -0.2) is 18.1 Å². The number of rotatable bonds is 12. The summed E-state index contributed by atoms with van der Waals surface area (Å²) < 4.78 is 5.24. The molecule has 2 unspecified atom stereocenters. The zero-order valence-corrected chi connectivity index (χ0v) is 14.4. The second-order valence-electron chi connectivity index (χ2n) is 6.25. The quantitative estimate of drug-likeness (QED) is 0.456. The maximum Gasteiger partial charge on any atom is 0.323 e. The van der Waals surface area contributed by atoms with Gasteiger partial charge in [-0.1, -0.05) is 75.8 Å². The van der Waals surface area contributed by atoms with Gasteiger partial charge in [-0.05, 0) is 18.4 Å². The molecule has 4 heteroatoms. The molecule has 0 aliphatic heterocycles. The van der Waals surface area contributed by atoms with Gasteiger partial charge in [0.05, 0.1) is 0 Å². The fourth-order valence-electron chi connectivity index (χ4n) is 2.56. The average Bonchev–Trinajstić information content (AvgIpc) is 2.56. The largest absolute Gasteiger partial charge is 0.460 e. The van der Waals surface area contributed by atoms with Crippen molar-refractivity contribution in [3.63, 3.8) is 0 Å². The summed E-state index contributed by atoms with van der Waals surface area (Å²) in [5, 5.41) is 0. The zero-order valence-electron chi connectivity index (χ0n) is 14.4. The Hall–Kier alpha value is -1.39. The molecule has 1 rings (SSSR count). The van der Waals surface area contributed by atoms with Crippen LogP contribution >= 0.6 is 0 Å². The summed E-state index contributed by atoms with van der Waals surface area (Å²) in [4.78, 5) is 11.9. The molecule has 0 heterocycles. The molecule has 4 nitrogen and oxygen atoms in total. The number of hydrogen-bond acceptors (Lipinski definition) is 4. The molecule has 0 aliphatic carbocycles. The highest BCUT2D eigenvalue weighted by molar-refractivity contribution is 5.75. The van der Waals surface area contributed by atoms with Crippen molar-refractivity contribution in [2.75, 3.05) is 0 Å². The van der Waals surface area contributed by atoms with Gasteiger partial charge in [0, 0.05) is 6.04 Å². The van der Waals surface area contributed by atoms with Crippen LogP contribution < -0.4 is 11.5 Å². The van der Waals surface area contributed by atoms with Gasteiger partial charge in [-0.3, -0.25) is 4.79 Å². The molecule has 4 N–H and O–H groups in total. The smallest absolute Gasteiger partial charge is 0.323 e. The summed E-state index contributed by atoms with van der Waals surface area (Å²) in [5.41, 5.74) is 12.9. The van der Waals surface area contributed by atoms with E-state index >= 15 is 0 Å². The minimum Gasteiger partial charge on any atom is -0.460 e. The summed E-state index contributed by atoms with van der Waals surface area (Å²) in [5.74, 6) is -0.368. The highest BCUT2D eigenvalue weighted by atomic mass is 16.5. The third-order valence-corrected chi connectivity index (χ3v) is 4.01. The second-order valence-corrected chi connectivity index (χ2v) is 6.25. The maximum atomic E-state index is 11.9. The van der Waals surface area contributed by atoms with Crippen molar-refractivity contribution in [1.82, 2.24) is 0 Å². The zero-order chi connectivity index (χ0) is 16.9. The molecule has 0 saturated heterocycles. The van der Waals surface area contributed by atoms with Gasteiger partial charge >= 0.3 is 5.97 Å². The van der Waals surface area contributed by atoms with E-state index in [0.29, 0.717) is 6.42 Å². The summed E-state index contributed by atoms with van der Waals surface area (Å²) >= 11 is 0. The van der Waals surface area contributed by atoms with Gasteiger partial charge < -0.3 is 16.2 Å². The van der Waals surface area contributed by atoms with Gasteiger partial charge in [-0.25, -0.2) is 0 Å². The van der Waals surface area contributed by atoms with Crippen LogP contribution in [0.25, 0.3) is 0 Å². The first-order chi connectivity index (χ1) is 11.1. The minimum atomic E-state index is -0.631. The fourth-order valence-corrected chi connectivity index (χ4v) is 2.56. The van der Waals surface area contributed by atoms with E-state index in [2.05, 4.69) is 6.92 Å². The number of nitrogens with two attached hydrogens (primary N) is 2. The standard InChI is InChI=1S/C19H32N2O2/c1-2-3-4-5-6-10-13-17(20)14-18(21)19(22)23-15-16-11-8-7-9-12-16/h7-9,11-12,17-18H,2-6,10,13-15,20-21H2,1H3. The molecular formula is C19H32N2O2. The molecule has 2 atom stereocenters. The van der Waals surface area contributed by atoms with Crippen LogP contribution in [0.5, 0.6) is 0 Å². The van der Waals surface area contributed by atoms with E-state index in [1.807, 2.05) is 30.3 Å². The molecule has 0 aromatic heterocycles. The van der Waals surface area contributed by atoms with Crippen LogP contribution in [0.4, 0.5) is 0 Å². The number of carbonyl (C=O) groups is 1. The van der Waals surface area contributed by atoms with Gasteiger partial charge in [0.1, 0.15) is 12.6 Å². The second kappa shape index (κ2) is 12.1. The number of ether oxygens (including phenoxy) is 1. The third-order valence-electron chi connectivity index (χ3n) is 4.01. The Morgan fingerprint density at radius 1 is 1.04 bits per heavy atom. The molecule has 0 fully saturated rings. The first-order valence-corrected chi connectivity index (χ1v) is 8.85. The minimum absolute atomic E-state index is 0.0274. The highest BCUT2D eigenvalue weighted by Crippen LogP contribution is 2.10. The van der Waals surface area contributed by atoms with E-state index < -0.39 is 6.04 Å². The predicted octanol–water partition coefficient (Wildman–Crippen LogP) is 3.53. The van der Waals surface area contributed by atoms with Crippen molar-refractivity contribution in [2.45, 2.75) is 77.0 Å². The van der Waals surface area contributed by atoms with E-state index in [1.54, 1.807) is 0 Å². The summed E-state index contributed by atoms with van der Waals surface area (Å²) in [6.45, 7) is 2.48. The van der Waals surface area contributed by atoms with Crippen LogP contribution in [0.15, 0.2) is 30.3 Å². The lowest BCUT2D eigenvalue weighted by atomic mass is 10.0. The van der Waals surface area contributed by atoms with Crippen LogP contribution in [0.1, 0.15) is 63.9 Å². The number of benzene rings is 1. The lowest BCUT2D eigenvalue weighted by molar-refractivity contribution is -0.146. The molecule has 130 valence electrons. The Morgan fingerprint density at radius 3 is 2.39 bits per heavy atom. The van der Waals surface area contributed by atoms with E-state index in [0.717, 1.165) is 18.4 Å². The Balaban J connectivity index is 2.13. The van der Waals surface area contributed by atoms with E-state index in [4.69, 9.17) is 16.2 Å². The van der Waals surface area contributed by atoms with Crippen molar-refractivity contribution >= 4 is 5.97 Å². The maximum absolute atomic E-state index is 11.9. The summed E-state index contributed by atoms with van der Waals surface area (Å²) in [6.07, 6.45) is 8.87. The average molecular weight is 320 g/mol. The Kier molecular flexibility index (Phi) is 10.3. The lowest BCUT2D eigenvalue weighted by Gasteiger charge is -2.16. The highest BCUT2D eigenvalue weighted by Gasteiger charge is 2.18. The molecular weight excluding hydrogens is 288 g/mol. The number of carbonyl (C=O) groups excluding carboxylic acids is 1. The number of hydrogen-bond donors (Lipinski definition) is 2. The van der Waals surface area contributed by atoms with Crippen LogP contribution in [-0.2, 0) is 16.1 Å². The molecule has 1 aromatic carbocycles. The van der Waals surface area contributed by atoms with Crippen molar-refractivity contribution < 1.29 is 9.53 Å². The first kappa shape index (κ1) is 19.7. The molecule has 1 aromatic rings. The fraction of sp³-hybridized carbons (Fsp3) is 0.632. The predicted molar refractivity (Wildman–Crippen MR) is 94.8 cm³/mol. The van der Waals surface area contributed by atoms with Crippen molar-refractivity contribution in [2.24, 2.45) is 11.5 Å². The molecule has 0 amide bonds. The van der Waals surface area contributed by atoms with Gasteiger partial charge in [0.15, 0.2) is 0 Å². The van der Waals surface area contributed by atoms with Gasteiger partial charge in [0.2, 0.25) is 0 Å². The lowest BCUT2D eigenvalue weighted by Crippen LogP contribution is -2.38. The van der Waals surface area contributed by atoms with Gasteiger partial charge in [-0.15, -0.1) is 0 Å². The Bertz CT molecular complexity index is 423. The normalized spacial score (nSPS) is 13.5. The van der Waals surface area contributed by atoms with Crippen LogP contribution in [0.3, 0.4) is 0 Å². The van der Waals surface area contributed by atoms with Gasteiger partial charge in [-0.2, -0.15) is 0 Å². The van der Waals surface area contributed by atoms with Crippen LogP contribution in [0, 0.1) is 0 Å². The van der Waals surface area contributed by atoms with Gasteiger partial charge in [0.25, 0.3) is 0 Å². The molecule has 0 aliphatic rings. The number of unbranched alkanes of at least 4 members (excludes halogenated alkanes) is 5. The summed E-state index contributed by atoms with van der Waals surface area (Å²) in [7, 11) is 0. The van der Waals surface area contributed by atoms with Crippen molar-refractivity contribution in [3.05, 3.63) is 35.9 Å². The Labute approximate surface area is 140 Å². The molecule has 0 radical (unpaired) electrons. The van der Waals surface area contributed by atoms with Crippen LogP contribution in [0.2, 0.25) is 0 Å².